The number of aromatic nitrogens is 3. The Morgan fingerprint density at radius 2 is 1.92 bits per heavy atom. The minimum Gasteiger partial charge on any atom is -0.493 e. The van der Waals surface area contributed by atoms with E-state index in [-0.39, 0.29) is 11.9 Å². The molecule has 1 atom stereocenters. The summed E-state index contributed by atoms with van der Waals surface area (Å²) in [5.74, 6) is 2.20. The number of para-hydroxylation sites is 1. The first kappa shape index (κ1) is 23.1. The molecular weight excluding hydrogens is 482 g/mol. The van der Waals surface area contributed by atoms with Gasteiger partial charge in [-0.1, -0.05) is 24.3 Å². The van der Waals surface area contributed by atoms with Crippen LogP contribution < -0.4 is 15.0 Å². The Labute approximate surface area is 218 Å². The summed E-state index contributed by atoms with van der Waals surface area (Å²) in [5, 5.41) is 2.90. The minimum absolute atomic E-state index is 0.0500. The second-order valence-electron chi connectivity index (χ2n) is 8.99. The fourth-order valence-electron chi connectivity index (χ4n) is 4.82. The fraction of sp³-hybridized carbons (Fsp3) is 0.172. The van der Waals surface area contributed by atoms with Crippen LogP contribution >= 0.6 is 11.3 Å². The first-order valence-electron chi connectivity index (χ1n) is 12.1. The van der Waals surface area contributed by atoms with Gasteiger partial charge in [-0.3, -0.25) is 4.79 Å². The third-order valence-corrected chi connectivity index (χ3v) is 7.17. The first-order chi connectivity index (χ1) is 18.0. The number of fused-ring (bicyclic) bond motifs is 2. The Morgan fingerprint density at radius 3 is 2.76 bits per heavy atom. The molecule has 1 unspecified atom stereocenters. The summed E-state index contributed by atoms with van der Waals surface area (Å²) in [5.41, 5.74) is 7.50. The van der Waals surface area contributed by atoms with Gasteiger partial charge in [0.05, 0.1) is 34.1 Å². The van der Waals surface area contributed by atoms with Crippen molar-refractivity contribution >= 4 is 44.7 Å². The van der Waals surface area contributed by atoms with E-state index >= 15 is 0 Å². The van der Waals surface area contributed by atoms with Crippen molar-refractivity contribution in [1.82, 2.24) is 15.0 Å². The fourth-order valence-corrected chi connectivity index (χ4v) is 5.54. The zero-order valence-corrected chi connectivity index (χ0v) is 21.3. The van der Waals surface area contributed by atoms with Gasteiger partial charge in [0.15, 0.2) is 0 Å². The third kappa shape index (κ3) is 4.63. The normalized spacial score (nSPS) is 14.6. The predicted molar refractivity (Wildman–Crippen MR) is 148 cm³/mol. The van der Waals surface area contributed by atoms with Crippen molar-refractivity contribution in [2.24, 2.45) is 0 Å². The summed E-state index contributed by atoms with van der Waals surface area (Å²) < 4.78 is 7.13. The number of carbonyl (C=O) groups excluding carboxylic acids is 1. The second-order valence-corrected chi connectivity index (χ2v) is 9.87. The van der Waals surface area contributed by atoms with E-state index in [1.54, 1.807) is 11.3 Å². The topological polar surface area (TPSA) is 80.2 Å². The van der Waals surface area contributed by atoms with Crippen LogP contribution in [0.1, 0.15) is 30.8 Å². The van der Waals surface area contributed by atoms with Crippen LogP contribution in [0.25, 0.3) is 21.5 Å². The molecule has 8 heteroatoms. The number of amides is 1. The van der Waals surface area contributed by atoms with Crippen molar-refractivity contribution in [3.63, 3.8) is 0 Å². The number of hydrogen-bond acceptors (Lipinski definition) is 7. The molecule has 0 saturated heterocycles. The van der Waals surface area contributed by atoms with E-state index in [0.717, 1.165) is 56.4 Å². The van der Waals surface area contributed by atoms with E-state index in [0.29, 0.717) is 12.4 Å². The minimum atomic E-state index is -0.109. The lowest BCUT2D eigenvalue weighted by Gasteiger charge is -2.37. The largest absolute Gasteiger partial charge is 0.493 e. The second kappa shape index (κ2) is 9.63. The molecule has 184 valence electrons. The highest BCUT2D eigenvalue weighted by Crippen LogP contribution is 2.43. The molecule has 0 bridgehead atoms. The lowest BCUT2D eigenvalue weighted by molar-refractivity contribution is -0.114. The van der Waals surface area contributed by atoms with Gasteiger partial charge in [-0.2, -0.15) is 0 Å². The maximum absolute atomic E-state index is 11.7. The molecule has 0 fully saturated rings. The van der Waals surface area contributed by atoms with Gasteiger partial charge in [-0.15, -0.1) is 11.3 Å². The highest BCUT2D eigenvalue weighted by molar-refractivity contribution is 7.16. The zero-order valence-electron chi connectivity index (χ0n) is 20.5. The van der Waals surface area contributed by atoms with E-state index in [1.165, 1.54) is 6.92 Å². The molecule has 1 aliphatic heterocycles. The molecule has 1 amide bonds. The lowest BCUT2D eigenvalue weighted by atomic mass is 9.97. The van der Waals surface area contributed by atoms with Gasteiger partial charge in [-0.25, -0.2) is 15.0 Å². The number of thiazole rings is 1. The molecule has 0 spiro atoms. The maximum atomic E-state index is 11.7. The number of carbonyl (C=O) groups is 1. The van der Waals surface area contributed by atoms with Crippen molar-refractivity contribution in [1.29, 1.82) is 0 Å². The summed E-state index contributed by atoms with van der Waals surface area (Å²) in [4.78, 5) is 28.1. The highest BCUT2D eigenvalue weighted by atomic mass is 32.1. The number of anilines is 3. The van der Waals surface area contributed by atoms with E-state index in [1.807, 2.05) is 54.9 Å². The molecule has 1 N–H and O–H groups in total. The molecule has 3 heterocycles. The number of benzene rings is 3. The molecule has 0 radical (unpaired) electrons. The van der Waals surface area contributed by atoms with Crippen molar-refractivity contribution in [2.45, 2.75) is 26.3 Å². The zero-order chi connectivity index (χ0) is 25.4. The van der Waals surface area contributed by atoms with Gasteiger partial charge in [-0.05, 0) is 49.4 Å². The Hall–Kier alpha value is -4.30. The molecule has 0 saturated carbocycles. The van der Waals surface area contributed by atoms with Crippen molar-refractivity contribution < 1.29 is 9.53 Å². The van der Waals surface area contributed by atoms with E-state index in [4.69, 9.17) is 14.7 Å². The first-order valence-corrected chi connectivity index (χ1v) is 13.0. The van der Waals surface area contributed by atoms with Crippen LogP contribution in [0.2, 0.25) is 0 Å². The quantitative estimate of drug-likeness (QED) is 0.286. The molecule has 0 aliphatic carbocycles. The highest BCUT2D eigenvalue weighted by Gasteiger charge is 2.30. The van der Waals surface area contributed by atoms with Crippen molar-refractivity contribution in [3.05, 3.63) is 89.7 Å². The number of nitrogens with one attached hydrogen (secondary N) is 1. The van der Waals surface area contributed by atoms with Crippen molar-refractivity contribution in [2.75, 3.05) is 16.8 Å². The maximum Gasteiger partial charge on any atom is 0.221 e. The molecule has 37 heavy (non-hydrogen) atoms. The van der Waals surface area contributed by atoms with Crippen molar-refractivity contribution in [3.8, 4) is 17.0 Å². The molecule has 6 rings (SSSR count). The summed E-state index contributed by atoms with van der Waals surface area (Å²) in [6.07, 6.45) is 0.761. The van der Waals surface area contributed by atoms with Gasteiger partial charge < -0.3 is 15.0 Å². The number of hydrogen-bond donors (Lipinski definition) is 1. The van der Waals surface area contributed by atoms with Crippen LogP contribution in [0.15, 0.2) is 78.3 Å². The van der Waals surface area contributed by atoms with Gasteiger partial charge in [0, 0.05) is 41.9 Å². The van der Waals surface area contributed by atoms with Gasteiger partial charge in [0.1, 0.15) is 17.4 Å². The molecule has 5 aromatic rings. The molecular formula is C29H25N5O2S. The van der Waals surface area contributed by atoms with Crippen LogP contribution in [0.3, 0.4) is 0 Å². The van der Waals surface area contributed by atoms with Crippen LogP contribution in [0, 0.1) is 6.92 Å². The van der Waals surface area contributed by atoms with Crippen LogP contribution in [-0.4, -0.2) is 27.5 Å². The van der Waals surface area contributed by atoms with Crippen LogP contribution in [0.5, 0.6) is 5.75 Å². The van der Waals surface area contributed by atoms with E-state index in [9.17, 15) is 4.79 Å². The summed E-state index contributed by atoms with van der Waals surface area (Å²) in [6, 6.07) is 24.3. The predicted octanol–water partition coefficient (Wildman–Crippen LogP) is 6.68. The Kier molecular flexibility index (Phi) is 6.02. The molecule has 1 aliphatic rings. The Morgan fingerprint density at radius 1 is 1.05 bits per heavy atom. The Bertz CT molecular complexity index is 1600. The van der Waals surface area contributed by atoms with Crippen LogP contribution in [-0.2, 0) is 4.79 Å². The average Bonchev–Trinajstić information content (AvgIpc) is 3.37. The molecule has 2 aromatic heterocycles. The monoisotopic (exact) mass is 507 g/mol. The number of aryl methyl sites for hydroxylation is 1. The van der Waals surface area contributed by atoms with Gasteiger partial charge in [0.2, 0.25) is 5.91 Å². The Balaban J connectivity index is 1.49. The molecule has 3 aromatic carbocycles. The summed E-state index contributed by atoms with van der Waals surface area (Å²) in [6.45, 7) is 4.02. The lowest BCUT2D eigenvalue weighted by Crippen LogP contribution is -2.30. The van der Waals surface area contributed by atoms with E-state index < -0.39 is 0 Å². The number of rotatable bonds is 5. The van der Waals surface area contributed by atoms with Gasteiger partial charge in [0.25, 0.3) is 0 Å². The smallest absolute Gasteiger partial charge is 0.221 e. The molecule has 7 nitrogen and oxygen atoms in total. The standard InChI is InChI=1S/C29H25N5O2S/c1-18-31-25(20-8-10-24-28(14-20)37-17-30-24)16-29(32-18)34(22-6-4-3-5-7-22)26-12-13-36-27-11-9-21(15-23(26)27)33-19(2)35/h3-11,14-17,26H,12-13H2,1-2H3,(H,33,35). The van der Waals surface area contributed by atoms with E-state index in [2.05, 4.69) is 45.5 Å². The number of ether oxygens (including phenoxy) is 1. The average molecular weight is 508 g/mol. The van der Waals surface area contributed by atoms with Crippen LogP contribution in [0.4, 0.5) is 17.2 Å². The van der Waals surface area contributed by atoms with Gasteiger partial charge >= 0.3 is 0 Å². The SMILES string of the molecule is CC(=O)Nc1ccc2c(c1)C(N(c1ccccc1)c1cc(-c3ccc4ncsc4c3)nc(C)n1)CCO2. The third-order valence-electron chi connectivity index (χ3n) is 6.38. The number of nitrogens with zero attached hydrogens (tertiary/aromatic N) is 4. The summed E-state index contributed by atoms with van der Waals surface area (Å²) >= 11 is 1.62. The summed E-state index contributed by atoms with van der Waals surface area (Å²) in [7, 11) is 0.